The van der Waals surface area contributed by atoms with Crippen molar-refractivity contribution in [2.45, 2.75) is 25.1 Å². The maximum absolute atomic E-state index is 12.9. The van der Waals surface area contributed by atoms with E-state index in [4.69, 9.17) is 11.6 Å². The lowest BCUT2D eigenvalue weighted by Crippen LogP contribution is -2.29. The molecular formula is C25H23ClN2O2S. The molecule has 4 nitrogen and oxygen atoms in total. The van der Waals surface area contributed by atoms with Crippen molar-refractivity contribution in [3.05, 3.63) is 94.5 Å². The quantitative estimate of drug-likeness (QED) is 0.483. The van der Waals surface area contributed by atoms with Crippen LogP contribution < -0.4 is 10.2 Å². The summed E-state index contributed by atoms with van der Waals surface area (Å²) in [6.45, 7) is 4.25. The van der Waals surface area contributed by atoms with Crippen molar-refractivity contribution in [2.75, 3.05) is 16.0 Å². The summed E-state index contributed by atoms with van der Waals surface area (Å²) in [6, 6.07) is 22.6. The van der Waals surface area contributed by atoms with E-state index in [0.29, 0.717) is 22.0 Å². The summed E-state index contributed by atoms with van der Waals surface area (Å²) in [7, 11) is 0. The zero-order chi connectivity index (χ0) is 22.0. The number of para-hydroxylation sites is 2. The van der Waals surface area contributed by atoms with Gasteiger partial charge in [0.05, 0.1) is 16.3 Å². The number of nitrogens with zero attached hydrogens (tertiary/aromatic N) is 1. The van der Waals surface area contributed by atoms with Gasteiger partial charge in [-0.3, -0.25) is 14.5 Å². The Labute approximate surface area is 191 Å². The number of amides is 2. The summed E-state index contributed by atoms with van der Waals surface area (Å²) in [6.07, 6.45) is 0. The molecule has 4 rings (SSSR count). The molecule has 0 spiro atoms. The third-order valence-corrected chi connectivity index (χ3v) is 6.80. The van der Waals surface area contributed by atoms with E-state index in [-0.39, 0.29) is 23.1 Å². The molecule has 3 aromatic carbocycles. The first kappa shape index (κ1) is 21.5. The molecule has 2 amide bonds. The molecule has 0 aromatic heterocycles. The van der Waals surface area contributed by atoms with Crippen LogP contribution in [0.25, 0.3) is 0 Å². The van der Waals surface area contributed by atoms with Crippen LogP contribution >= 0.6 is 23.4 Å². The maximum Gasteiger partial charge on any atom is 0.257 e. The van der Waals surface area contributed by atoms with Crippen LogP contribution in [0.5, 0.6) is 0 Å². The van der Waals surface area contributed by atoms with Crippen LogP contribution in [-0.4, -0.2) is 17.6 Å². The van der Waals surface area contributed by atoms with Crippen LogP contribution in [0.2, 0.25) is 5.02 Å². The highest BCUT2D eigenvalue weighted by Gasteiger charge is 2.36. The Kier molecular flexibility index (Phi) is 6.35. The molecular weight excluding hydrogens is 428 g/mol. The number of hydrogen-bond acceptors (Lipinski definition) is 3. The van der Waals surface area contributed by atoms with Crippen LogP contribution in [0.15, 0.2) is 72.8 Å². The summed E-state index contributed by atoms with van der Waals surface area (Å²) in [5.74, 6) is 0.464. The number of benzene rings is 3. The molecule has 0 radical (unpaired) electrons. The maximum atomic E-state index is 12.9. The van der Waals surface area contributed by atoms with Gasteiger partial charge >= 0.3 is 0 Å². The number of hydrogen-bond donors (Lipinski definition) is 1. The average molecular weight is 451 g/mol. The molecule has 3 aromatic rings. The highest BCUT2D eigenvalue weighted by molar-refractivity contribution is 8.00. The number of rotatable bonds is 5. The molecule has 6 heteroatoms. The number of halogens is 1. The number of anilines is 2. The first-order valence-electron chi connectivity index (χ1n) is 10.1. The van der Waals surface area contributed by atoms with Crippen LogP contribution in [0.1, 0.15) is 46.6 Å². The molecule has 1 atom stereocenters. The Morgan fingerprint density at radius 3 is 2.48 bits per heavy atom. The number of carbonyl (C=O) groups excluding carboxylic acids is 2. The fraction of sp³-hybridized carbons (Fsp3) is 0.200. The largest absolute Gasteiger partial charge is 0.322 e. The Morgan fingerprint density at radius 1 is 1.03 bits per heavy atom. The molecule has 0 saturated carbocycles. The summed E-state index contributed by atoms with van der Waals surface area (Å²) < 4.78 is 0. The van der Waals surface area contributed by atoms with Crippen LogP contribution in [0.4, 0.5) is 11.4 Å². The lowest BCUT2D eigenvalue weighted by molar-refractivity contribution is -0.115. The molecule has 0 aliphatic carbocycles. The topological polar surface area (TPSA) is 49.4 Å². The van der Waals surface area contributed by atoms with Gasteiger partial charge in [0.15, 0.2) is 0 Å². The van der Waals surface area contributed by atoms with E-state index < -0.39 is 0 Å². The first-order chi connectivity index (χ1) is 15.0. The molecule has 0 unspecified atom stereocenters. The SMILES string of the molecule is CC(C)c1ccccc1N1C(=O)CS[C@@H]1c1ccccc1NC(=O)c1ccccc1Cl. The van der Waals surface area contributed by atoms with Crippen molar-refractivity contribution < 1.29 is 9.59 Å². The summed E-state index contributed by atoms with van der Waals surface area (Å²) in [5.41, 5.74) is 4.02. The number of carbonyl (C=O) groups is 2. The van der Waals surface area contributed by atoms with Crippen molar-refractivity contribution in [1.82, 2.24) is 0 Å². The van der Waals surface area contributed by atoms with Gasteiger partial charge in [-0.2, -0.15) is 0 Å². The Hall–Kier alpha value is -2.76. The van der Waals surface area contributed by atoms with E-state index in [9.17, 15) is 9.59 Å². The van der Waals surface area contributed by atoms with Crippen LogP contribution in [-0.2, 0) is 4.79 Å². The minimum Gasteiger partial charge on any atom is -0.322 e. The summed E-state index contributed by atoms with van der Waals surface area (Å²) in [4.78, 5) is 27.7. The second-order valence-corrected chi connectivity index (χ2v) is 9.14. The van der Waals surface area contributed by atoms with Gasteiger partial charge in [-0.15, -0.1) is 11.8 Å². The second kappa shape index (κ2) is 9.16. The molecule has 31 heavy (non-hydrogen) atoms. The molecule has 1 aliphatic rings. The van der Waals surface area contributed by atoms with Gasteiger partial charge in [0.2, 0.25) is 5.91 Å². The van der Waals surface area contributed by atoms with Gasteiger partial charge in [-0.1, -0.05) is 74.0 Å². The highest BCUT2D eigenvalue weighted by atomic mass is 35.5. The molecule has 1 aliphatic heterocycles. The van der Waals surface area contributed by atoms with Gasteiger partial charge in [-0.05, 0) is 35.7 Å². The fourth-order valence-electron chi connectivity index (χ4n) is 3.77. The minimum atomic E-state index is -0.276. The Balaban J connectivity index is 1.71. The predicted molar refractivity (Wildman–Crippen MR) is 129 cm³/mol. The smallest absolute Gasteiger partial charge is 0.257 e. The van der Waals surface area contributed by atoms with Crippen molar-refractivity contribution in [3.63, 3.8) is 0 Å². The predicted octanol–water partition coefficient (Wildman–Crippen LogP) is 6.49. The van der Waals surface area contributed by atoms with Crippen LogP contribution in [0, 0.1) is 0 Å². The van der Waals surface area contributed by atoms with E-state index in [1.165, 1.54) is 0 Å². The fourth-order valence-corrected chi connectivity index (χ4v) is 5.20. The van der Waals surface area contributed by atoms with E-state index in [1.54, 1.807) is 36.0 Å². The lowest BCUT2D eigenvalue weighted by Gasteiger charge is -2.29. The van der Waals surface area contributed by atoms with Gasteiger partial charge in [0, 0.05) is 16.9 Å². The number of nitrogens with one attached hydrogen (secondary N) is 1. The Morgan fingerprint density at radius 2 is 1.71 bits per heavy atom. The minimum absolute atomic E-state index is 0.0651. The zero-order valence-electron chi connectivity index (χ0n) is 17.3. The highest BCUT2D eigenvalue weighted by Crippen LogP contribution is 2.46. The van der Waals surface area contributed by atoms with E-state index in [0.717, 1.165) is 16.8 Å². The van der Waals surface area contributed by atoms with Gasteiger partial charge in [-0.25, -0.2) is 0 Å². The normalized spacial score (nSPS) is 16.1. The van der Waals surface area contributed by atoms with Crippen LogP contribution in [0.3, 0.4) is 0 Å². The molecule has 1 N–H and O–H groups in total. The summed E-state index contributed by atoms with van der Waals surface area (Å²) >= 11 is 7.77. The molecule has 0 bridgehead atoms. The van der Waals surface area contributed by atoms with Gasteiger partial charge < -0.3 is 5.32 Å². The standard InChI is InChI=1S/C25H23ClN2O2S/c1-16(2)17-9-5-8-14-22(17)28-23(29)15-31-25(28)19-11-4-7-13-21(19)27-24(30)18-10-3-6-12-20(18)26/h3-14,16,25H,15H2,1-2H3,(H,27,30)/t25-/m1/s1. The van der Waals surface area contributed by atoms with Crippen molar-refractivity contribution in [2.24, 2.45) is 0 Å². The molecule has 1 saturated heterocycles. The van der Waals surface area contributed by atoms with Crippen molar-refractivity contribution >= 4 is 46.6 Å². The van der Waals surface area contributed by atoms with Crippen molar-refractivity contribution in [1.29, 1.82) is 0 Å². The van der Waals surface area contributed by atoms with Crippen molar-refractivity contribution in [3.8, 4) is 0 Å². The third-order valence-electron chi connectivity index (χ3n) is 5.28. The summed E-state index contributed by atoms with van der Waals surface area (Å²) in [5, 5.41) is 3.17. The second-order valence-electron chi connectivity index (χ2n) is 7.66. The molecule has 158 valence electrons. The monoisotopic (exact) mass is 450 g/mol. The van der Waals surface area contributed by atoms with Gasteiger partial charge in [0.25, 0.3) is 5.91 Å². The third kappa shape index (κ3) is 4.34. The molecule has 1 fully saturated rings. The van der Waals surface area contributed by atoms with E-state index in [1.807, 2.05) is 47.4 Å². The van der Waals surface area contributed by atoms with E-state index in [2.05, 4.69) is 25.2 Å². The Bertz CT molecular complexity index is 1130. The molecule has 1 heterocycles. The average Bonchev–Trinajstić information content (AvgIpc) is 3.15. The lowest BCUT2D eigenvalue weighted by atomic mass is 10.00. The van der Waals surface area contributed by atoms with Gasteiger partial charge in [0.1, 0.15) is 5.37 Å². The number of thioether (sulfide) groups is 1. The zero-order valence-corrected chi connectivity index (χ0v) is 18.9. The first-order valence-corrected chi connectivity index (χ1v) is 11.6. The van der Waals surface area contributed by atoms with E-state index >= 15 is 0 Å².